The molecule has 1 aromatic carbocycles. The number of nitrogens with one attached hydrogen (secondary N) is 1. The van der Waals surface area contributed by atoms with Crippen LogP contribution >= 0.6 is 0 Å². The van der Waals surface area contributed by atoms with Crippen LogP contribution in [0, 0.1) is 0 Å². The number of allylic oxidation sites excluding steroid dienone is 1. The van der Waals surface area contributed by atoms with Gasteiger partial charge in [0.15, 0.2) is 0 Å². The van der Waals surface area contributed by atoms with Crippen LogP contribution in [0.4, 0.5) is 0 Å². The number of carbonyl (C=O) groups excluding carboxylic acids is 1. The van der Waals surface area contributed by atoms with Gasteiger partial charge in [0.1, 0.15) is 5.76 Å². The fourth-order valence-corrected chi connectivity index (χ4v) is 1.63. The zero-order valence-corrected chi connectivity index (χ0v) is 10.9. The minimum Gasteiger partial charge on any atom is -0.512 e. The summed E-state index contributed by atoms with van der Waals surface area (Å²) in [6.07, 6.45) is 0.849. The topological polar surface area (TPSA) is 49.3 Å². The maximum Gasteiger partial charge on any atom is 0.255 e. The summed E-state index contributed by atoms with van der Waals surface area (Å²) < 4.78 is 0. The van der Waals surface area contributed by atoms with Gasteiger partial charge in [0.05, 0.1) is 5.57 Å². The molecule has 0 bridgehead atoms. The van der Waals surface area contributed by atoms with Gasteiger partial charge in [0, 0.05) is 6.54 Å². The number of carbonyl (C=O) groups is 1. The standard InChI is InChI=1S/C15H19NO2/c1-4-10-16-15(18)14(12(3)17)11(2)13-8-6-5-7-9-13/h5-9,17H,2,4,10H2,1,3H3,(H,16,18)/b14-12+. The first-order chi connectivity index (χ1) is 8.57. The Morgan fingerprint density at radius 3 is 2.44 bits per heavy atom. The molecule has 1 aromatic rings. The van der Waals surface area contributed by atoms with Gasteiger partial charge < -0.3 is 10.4 Å². The molecule has 18 heavy (non-hydrogen) atoms. The molecule has 1 amide bonds. The lowest BCUT2D eigenvalue weighted by molar-refractivity contribution is -0.117. The van der Waals surface area contributed by atoms with Crippen molar-refractivity contribution in [1.29, 1.82) is 0 Å². The molecule has 0 unspecified atom stereocenters. The van der Waals surface area contributed by atoms with Crippen LogP contribution < -0.4 is 5.32 Å². The Kier molecular flexibility index (Phi) is 5.18. The molecule has 0 saturated carbocycles. The van der Waals surface area contributed by atoms with E-state index in [1.54, 1.807) is 0 Å². The molecule has 3 nitrogen and oxygen atoms in total. The molecule has 0 heterocycles. The lowest BCUT2D eigenvalue weighted by Crippen LogP contribution is -2.26. The average Bonchev–Trinajstić information content (AvgIpc) is 2.37. The third-order valence-electron chi connectivity index (χ3n) is 2.55. The molecule has 96 valence electrons. The van der Waals surface area contributed by atoms with Crippen LogP contribution in [-0.4, -0.2) is 17.6 Å². The van der Waals surface area contributed by atoms with Gasteiger partial charge in [0.2, 0.25) is 0 Å². The molecule has 0 saturated heterocycles. The van der Waals surface area contributed by atoms with Crippen molar-refractivity contribution in [2.75, 3.05) is 6.54 Å². The van der Waals surface area contributed by atoms with Gasteiger partial charge in [-0.15, -0.1) is 0 Å². The highest BCUT2D eigenvalue weighted by atomic mass is 16.3. The number of aliphatic hydroxyl groups excluding tert-OH is 1. The van der Waals surface area contributed by atoms with Crippen LogP contribution in [0.2, 0.25) is 0 Å². The van der Waals surface area contributed by atoms with Crippen molar-refractivity contribution in [2.24, 2.45) is 0 Å². The van der Waals surface area contributed by atoms with Crippen LogP contribution in [0.1, 0.15) is 25.8 Å². The lowest BCUT2D eigenvalue weighted by Gasteiger charge is -2.12. The Morgan fingerprint density at radius 2 is 1.94 bits per heavy atom. The van der Waals surface area contributed by atoms with Crippen molar-refractivity contribution in [1.82, 2.24) is 5.32 Å². The largest absolute Gasteiger partial charge is 0.512 e. The first kappa shape index (κ1) is 14.0. The molecule has 0 atom stereocenters. The Hall–Kier alpha value is -2.03. The maximum absolute atomic E-state index is 12.0. The second kappa shape index (κ2) is 6.64. The number of aliphatic hydroxyl groups is 1. The highest BCUT2D eigenvalue weighted by Gasteiger charge is 2.17. The number of rotatable bonds is 5. The van der Waals surface area contributed by atoms with E-state index in [9.17, 15) is 9.90 Å². The summed E-state index contributed by atoms with van der Waals surface area (Å²) in [4.78, 5) is 12.0. The Balaban J connectivity index is 2.98. The number of hydrogen-bond acceptors (Lipinski definition) is 2. The second-order valence-electron chi connectivity index (χ2n) is 4.06. The maximum atomic E-state index is 12.0. The van der Waals surface area contributed by atoms with E-state index in [-0.39, 0.29) is 17.2 Å². The summed E-state index contributed by atoms with van der Waals surface area (Å²) >= 11 is 0. The van der Waals surface area contributed by atoms with Crippen LogP contribution in [0.15, 0.2) is 48.2 Å². The molecule has 2 N–H and O–H groups in total. The number of benzene rings is 1. The van der Waals surface area contributed by atoms with Crippen molar-refractivity contribution in [2.45, 2.75) is 20.3 Å². The Bertz CT molecular complexity index is 457. The summed E-state index contributed by atoms with van der Waals surface area (Å²) in [5.41, 5.74) is 1.60. The summed E-state index contributed by atoms with van der Waals surface area (Å²) in [5, 5.41) is 12.4. The van der Waals surface area contributed by atoms with Crippen LogP contribution in [0.5, 0.6) is 0 Å². The highest BCUT2D eigenvalue weighted by Crippen LogP contribution is 2.23. The van der Waals surface area contributed by atoms with Gasteiger partial charge in [-0.1, -0.05) is 43.8 Å². The van der Waals surface area contributed by atoms with Crippen LogP contribution in [-0.2, 0) is 4.79 Å². The highest BCUT2D eigenvalue weighted by molar-refractivity contribution is 6.08. The SMILES string of the molecule is C=C(/C(C(=O)NCCC)=C(/C)O)c1ccccc1. The second-order valence-corrected chi connectivity index (χ2v) is 4.06. The van der Waals surface area contributed by atoms with Crippen molar-refractivity contribution >= 4 is 11.5 Å². The van der Waals surface area contributed by atoms with E-state index in [0.717, 1.165) is 12.0 Å². The molecule has 0 aromatic heterocycles. The fraction of sp³-hybridized carbons (Fsp3) is 0.267. The molecule has 0 spiro atoms. The molecule has 0 fully saturated rings. The van der Waals surface area contributed by atoms with Crippen molar-refractivity contribution < 1.29 is 9.90 Å². The zero-order valence-electron chi connectivity index (χ0n) is 10.9. The van der Waals surface area contributed by atoms with Crippen LogP contribution in [0.3, 0.4) is 0 Å². The van der Waals surface area contributed by atoms with Gasteiger partial charge in [0.25, 0.3) is 5.91 Å². The monoisotopic (exact) mass is 245 g/mol. The molecular weight excluding hydrogens is 226 g/mol. The van der Waals surface area contributed by atoms with Crippen molar-refractivity contribution in [3.05, 3.63) is 53.8 Å². The predicted molar refractivity (Wildman–Crippen MR) is 74.1 cm³/mol. The normalized spacial score (nSPS) is 11.7. The predicted octanol–water partition coefficient (Wildman–Crippen LogP) is 3.06. The van der Waals surface area contributed by atoms with Gasteiger partial charge in [-0.2, -0.15) is 0 Å². The summed E-state index contributed by atoms with van der Waals surface area (Å²) in [6.45, 7) is 7.95. The van der Waals surface area contributed by atoms with Crippen LogP contribution in [0.25, 0.3) is 5.57 Å². The summed E-state index contributed by atoms with van der Waals surface area (Å²) in [6, 6.07) is 9.35. The lowest BCUT2D eigenvalue weighted by atomic mass is 9.98. The fourth-order valence-electron chi connectivity index (χ4n) is 1.63. The number of amides is 1. The zero-order chi connectivity index (χ0) is 13.5. The number of hydrogen-bond donors (Lipinski definition) is 2. The molecule has 0 aliphatic rings. The quantitative estimate of drug-likeness (QED) is 0.476. The molecule has 0 radical (unpaired) electrons. The third-order valence-corrected chi connectivity index (χ3v) is 2.55. The van der Waals surface area contributed by atoms with Gasteiger partial charge >= 0.3 is 0 Å². The first-order valence-electron chi connectivity index (χ1n) is 6.00. The smallest absolute Gasteiger partial charge is 0.255 e. The molecular formula is C15H19NO2. The Morgan fingerprint density at radius 1 is 1.33 bits per heavy atom. The molecule has 1 rings (SSSR count). The van der Waals surface area contributed by atoms with E-state index >= 15 is 0 Å². The average molecular weight is 245 g/mol. The van der Waals surface area contributed by atoms with Gasteiger partial charge in [-0.3, -0.25) is 4.79 Å². The van der Waals surface area contributed by atoms with E-state index in [2.05, 4.69) is 11.9 Å². The third kappa shape index (κ3) is 3.48. The van der Waals surface area contributed by atoms with E-state index in [4.69, 9.17) is 0 Å². The summed E-state index contributed by atoms with van der Waals surface area (Å²) in [7, 11) is 0. The molecule has 0 aliphatic heterocycles. The van der Waals surface area contributed by atoms with E-state index in [0.29, 0.717) is 12.1 Å². The minimum absolute atomic E-state index is 0.0162. The van der Waals surface area contributed by atoms with E-state index < -0.39 is 0 Å². The van der Waals surface area contributed by atoms with E-state index in [1.807, 2.05) is 37.3 Å². The first-order valence-corrected chi connectivity index (χ1v) is 6.00. The minimum atomic E-state index is -0.286. The van der Waals surface area contributed by atoms with Crippen molar-refractivity contribution in [3.63, 3.8) is 0 Å². The Labute approximate surface area is 108 Å². The van der Waals surface area contributed by atoms with Gasteiger partial charge in [-0.25, -0.2) is 0 Å². The van der Waals surface area contributed by atoms with Gasteiger partial charge in [-0.05, 0) is 24.5 Å². The molecule has 3 heteroatoms. The van der Waals surface area contributed by atoms with Crippen molar-refractivity contribution in [3.8, 4) is 0 Å². The molecule has 0 aliphatic carbocycles. The van der Waals surface area contributed by atoms with E-state index in [1.165, 1.54) is 6.92 Å². The summed E-state index contributed by atoms with van der Waals surface area (Å²) in [5.74, 6) is -0.303.